The summed E-state index contributed by atoms with van der Waals surface area (Å²) in [5.74, 6) is 0.905. The first-order chi connectivity index (χ1) is 8.72. The predicted molar refractivity (Wildman–Crippen MR) is 76.1 cm³/mol. The van der Waals surface area contributed by atoms with Crippen molar-refractivity contribution >= 4 is 28.1 Å². The number of anilines is 1. The number of aromatic nitrogens is 1. The molecule has 0 amide bonds. The van der Waals surface area contributed by atoms with Crippen molar-refractivity contribution < 1.29 is 0 Å². The molecule has 1 heterocycles. The first-order valence-electron chi connectivity index (χ1n) is 6.56. The number of halogens is 1. The molecule has 0 aromatic carbocycles. The number of thiazole rings is 1. The van der Waals surface area contributed by atoms with Crippen LogP contribution in [-0.4, -0.2) is 11.0 Å². The fourth-order valence-electron chi connectivity index (χ4n) is 2.61. The molecule has 0 saturated heterocycles. The molecule has 98 valence electrons. The van der Waals surface area contributed by atoms with Gasteiger partial charge in [0, 0.05) is 6.04 Å². The highest BCUT2D eigenvalue weighted by molar-refractivity contribution is 7.16. The lowest BCUT2D eigenvalue weighted by molar-refractivity contribution is 0.319. The maximum absolute atomic E-state index is 8.84. The van der Waals surface area contributed by atoms with Crippen molar-refractivity contribution in [2.24, 2.45) is 5.92 Å². The molecule has 0 unspecified atom stereocenters. The van der Waals surface area contributed by atoms with Gasteiger partial charge in [-0.3, -0.25) is 0 Å². The van der Waals surface area contributed by atoms with Gasteiger partial charge in [0.2, 0.25) is 0 Å². The van der Waals surface area contributed by atoms with Gasteiger partial charge in [0.25, 0.3) is 0 Å². The molecule has 0 radical (unpaired) electrons. The summed E-state index contributed by atoms with van der Waals surface area (Å²) in [4.78, 5) is 4.68. The van der Waals surface area contributed by atoms with Gasteiger partial charge in [-0.15, -0.1) is 0 Å². The van der Waals surface area contributed by atoms with E-state index >= 15 is 0 Å². The summed E-state index contributed by atoms with van der Waals surface area (Å²) in [7, 11) is 0. The van der Waals surface area contributed by atoms with E-state index in [-0.39, 0.29) is 0 Å². The van der Waals surface area contributed by atoms with E-state index < -0.39 is 0 Å². The second-order valence-corrected chi connectivity index (χ2v) is 6.26. The lowest BCUT2D eigenvalue weighted by Crippen LogP contribution is -2.25. The lowest BCUT2D eigenvalue weighted by Gasteiger charge is -2.28. The first-order valence-corrected chi connectivity index (χ1v) is 7.75. The van der Waals surface area contributed by atoms with Crippen LogP contribution in [0.1, 0.15) is 50.3 Å². The lowest BCUT2D eigenvalue weighted by atomic mass is 9.83. The summed E-state index contributed by atoms with van der Waals surface area (Å²) >= 11 is 7.21. The third kappa shape index (κ3) is 3.37. The number of hydrogen-bond donors (Lipinski definition) is 1. The van der Waals surface area contributed by atoms with Crippen LogP contribution in [0.3, 0.4) is 0 Å². The molecule has 3 nitrogen and oxygen atoms in total. The Balaban J connectivity index is 1.86. The summed E-state index contributed by atoms with van der Waals surface area (Å²) < 4.78 is 0. The van der Waals surface area contributed by atoms with Crippen LogP contribution in [-0.2, 0) is 0 Å². The summed E-state index contributed by atoms with van der Waals surface area (Å²) in [6.07, 6.45) is 7.64. The summed E-state index contributed by atoms with van der Waals surface area (Å²) in [5.41, 5.74) is 0. The monoisotopic (exact) mass is 283 g/mol. The molecule has 1 fully saturated rings. The van der Waals surface area contributed by atoms with E-state index in [0.717, 1.165) is 11.0 Å². The Kier molecular flexibility index (Phi) is 4.85. The Hall–Kier alpha value is -0.790. The smallest absolute Gasteiger partial charge is 0.185 e. The summed E-state index contributed by atoms with van der Waals surface area (Å²) in [5, 5.41) is 13.4. The van der Waals surface area contributed by atoms with Gasteiger partial charge in [0.1, 0.15) is 10.9 Å². The molecule has 5 heteroatoms. The van der Waals surface area contributed by atoms with Crippen molar-refractivity contribution in [1.29, 1.82) is 5.26 Å². The molecular weight excluding hydrogens is 266 g/mol. The van der Waals surface area contributed by atoms with Crippen LogP contribution in [0.5, 0.6) is 0 Å². The van der Waals surface area contributed by atoms with Gasteiger partial charge in [-0.05, 0) is 31.6 Å². The molecule has 1 saturated carbocycles. The molecular formula is C13H18ClN3S. The Morgan fingerprint density at radius 1 is 1.44 bits per heavy atom. The van der Waals surface area contributed by atoms with Crippen molar-refractivity contribution in [2.45, 2.75) is 51.5 Å². The Labute approximate surface area is 117 Å². The zero-order valence-electron chi connectivity index (χ0n) is 10.6. The third-order valence-electron chi connectivity index (χ3n) is 3.56. The second kappa shape index (κ2) is 6.40. The van der Waals surface area contributed by atoms with Gasteiger partial charge in [0.15, 0.2) is 10.3 Å². The number of nitrogens with one attached hydrogen (secondary N) is 1. The fourth-order valence-corrected chi connectivity index (χ4v) is 3.63. The maximum atomic E-state index is 8.84. The minimum atomic E-state index is 0.324. The molecule has 1 aromatic heterocycles. The minimum absolute atomic E-state index is 0.324. The molecule has 18 heavy (non-hydrogen) atoms. The summed E-state index contributed by atoms with van der Waals surface area (Å²) in [6, 6.07) is 2.55. The van der Waals surface area contributed by atoms with Gasteiger partial charge < -0.3 is 5.32 Å². The topological polar surface area (TPSA) is 48.7 Å². The zero-order chi connectivity index (χ0) is 13.0. The van der Waals surface area contributed by atoms with Crippen LogP contribution in [0.4, 0.5) is 5.13 Å². The number of rotatable bonds is 4. The van der Waals surface area contributed by atoms with Crippen LogP contribution in [0, 0.1) is 17.2 Å². The van der Waals surface area contributed by atoms with E-state index in [9.17, 15) is 0 Å². The van der Waals surface area contributed by atoms with Crippen LogP contribution in [0.25, 0.3) is 0 Å². The molecule has 1 aliphatic rings. The van der Waals surface area contributed by atoms with Crippen molar-refractivity contribution in [2.75, 3.05) is 5.32 Å². The number of nitriles is 1. The van der Waals surface area contributed by atoms with Crippen molar-refractivity contribution in [3.8, 4) is 6.07 Å². The average molecular weight is 284 g/mol. The SMILES string of the molecule is CCCC1CCC(Nc2nc(Cl)c(C#N)s2)CC1. The molecule has 2 rings (SSSR count). The summed E-state index contributed by atoms with van der Waals surface area (Å²) in [6.45, 7) is 2.26. The average Bonchev–Trinajstić information content (AvgIpc) is 2.72. The van der Waals surface area contributed by atoms with Gasteiger partial charge in [0.05, 0.1) is 0 Å². The van der Waals surface area contributed by atoms with Crippen LogP contribution in [0.2, 0.25) is 5.15 Å². The number of hydrogen-bond acceptors (Lipinski definition) is 4. The third-order valence-corrected chi connectivity index (χ3v) is 4.84. The molecule has 0 spiro atoms. The number of nitrogens with zero attached hydrogens (tertiary/aromatic N) is 2. The second-order valence-electron chi connectivity index (χ2n) is 4.90. The van der Waals surface area contributed by atoms with E-state index in [1.54, 1.807) is 0 Å². The van der Waals surface area contributed by atoms with Gasteiger partial charge in [-0.1, -0.05) is 42.7 Å². The van der Waals surface area contributed by atoms with E-state index in [4.69, 9.17) is 16.9 Å². The Bertz CT molecular complexity index is 430. The van der Waals surface area contributed by atoms with Crippen LogP contribution >= 0.6 is 22.9 Å². The van der Waals surface area contributed by atoms with Gasteiger partial charge in [-0.25, -0.2) is 4.98 Å². The van der Waals surface area contributed by atoms with Gasteiger partial charge >= 0.3 is 0 Å². The standard InChI is InChI=1S/C13H18ClN3S/c1-2-3-9-4-6-10(7-5-9)16-13-17-12(14)11(8-15)18-13/h9-10H,2-7H2,1H3,(H,16,17). The molecule has 1 aromatic rings. The van der Waals surface area contributed by atoms with Gasteiger partial charge in [-0.2, -0.15) is 5.26 Å². The fraction of sp³-hybridized carbons (Fsp3) is 0.692. The first kappa shape index (κ1) is 13.6. The quantitative estimate of drug-likeness (QED) is 0.889. The molecule has 0 aliphatic heterocycles. The van der Waals surface area contributed by atoms with Crippen LogP contribution < -0.4 is 5.32 Å². The predicted octanol–water partition coefficient (Wildman–Crippen LogP) is 4.44. The molecule has 0 atom stereocenters. The zero-order valence-corrected chi connectivity index (χ0v) is 12.2. The largest absolute Gasteiger partial charge is 0.359 e. The Morgan fingerprint density at radius 2 is 2.17 bits per heavy atom. The molecule has 0 bridgehead atoms. The molecule has 1 N–H and O–H groups in total. The molecule has 1 aliphatic carbocycles. The van der Waals surface area contributed by atoms with Crippen molar-refractivity contribution in [3.05, 3.63) is 10.0 Å². The minimum Gasteiger partial charge on any atom is -0.359 e. The van der Waals surface area contributed by atoms with E-state index in [0.29, 0.717) is 16.1 Å². The van der Waals surface area contributed by atoms with E-state index in [1.807, 2.05) is 0 Å². The van der Waals surface area contributed by atoms with Crippen LogP contribution in [0.15, 0.2) is 0 Å². The maximum Gasteiger partial charge on any atom is 0.185 e. The normalized spacial score (nSPS) is 23.6. The van der Waals surface area contributed by atoms with E-state index in [1.165, 1.54) is 49.9 Å². The highest BCUT2D eigenvalue weighted by Gasteiger charge is 2.21. The van der Waals surface area contributed by atoms with Crippen molar-refractivity contribution in [1.82, 2.24) is 4.98 Å². The highest BCUT2D eigenvalue weighted by atomic mass is 35.5. The van der Waals surface area contributed by atoms with E-state index in [2.05, 4.69) is 23.3 Å². The van der Waals surface area contributed by atoms with Crippen molar-refractivity contribution in [3.63, 3.8) is 0 Å². The Morgan fingerprint density at radius 3 is 2.72 bits per heavy atom. The highest BCUT2D eigenvalue weighted by Crippen LogP contribution is 2.32.